The Morgan fingerprint density at radius 1 is 1.33 bits per heavy atom. The fourth-order valence-corrected chi connectivity index (χ4v) is 3.43. The molecule has 1 atom stereocenters. The van der Waals surface area contributed by atoms with Gasteiger partial charge in [0.25, 0.3) is 0 Å². The van der Waals surface area contributed by atoms with Crippen molar-refractivity contribution in [2.24, 2.45) is 0 Å². The van der Waals surface area contributed by atoms with Gasteiger partial charge in [-0.25, -0.2) is 0 Å². The van der Waals surface area contributed by atoms with Gasteiger partial charge in [-0.05, 0) is 38.1 Å². The number of ether oxygens (including phenoxy) is 1. The van der Waals surface area contributed by atoms with E-state index in [0.29, 0.717) is 0 Å². The van der Waals surface area contributed by atoms with Crippen LogP contribution in [0.1, 0.15) is 19.4 Å². The van der Waals surface area contributed by atoms with E-state index in [1.165, 1.54) is 0 Å². The van der Waals surface area contributed by atoms with Crippen molar-refractivity contribution in [3.63, 3.8) is 0 Å². The SMILES string of the molecule is COc1ccc2nccc(C3=C(C)NC(=O)C(C)S3)c2c1. The van der Waals surface area contributed by atoms with Crippen LogP contribution in [0.2, 0.25) is 0 Å². The summed E-state index contributed by atoms with van der Waals surface area (Å²) in [5.41, 5.74) is 2.88. The van der Waals surface area contributed by atoms with E-state index in [9.17, 15) is 4.79 Å². The topological polar surface area (TPSA) is 51.2 Å². The van der Waals surface area contributed by atoms with Crippen molar-refractivity contribution >= 4 is 33.5 Å². The third-order valence-corrected chi connectivity index (χ3v) is 4.84. The number of nitrogens with one attached hydrogen (secondary N) is 1. The van der Waals surface area contributed by atoms with Crippen molar-refractivity contribution in [3.8, 4) is 5.75 Å². The van der Waals surface area contributed by atoms with Gasteiger partial charge in [0.05, 0.1) is 17.9 Å². The lowest BCUT2D eigenvalue weighted by atomic mass is 10.1. The van der Waals surface area contributed by atoms with Gasteiger partial charge in [-0.3, -0.25) is 9.78 Å². The summed E-state index contributed by atoms with van der Waals surface area (Å²) in [6, 6.07) is 7.82. The minimum atomic E-state index is -0.0995. The Labute approximate surface area is 127 Å². The van der Waals surface area contributed by atoms with Crippen LogP contribution in [0.3, 0.4) is 0 Å². The molecule has 2 heterocycles. The summed E-state index contributed by atoms with van der Waals surface area (Å²) in [5.74, 6) is 0.852. The van der Waals surface area contributed by atoms with Crippen molar-refractivity contribution in [2.75, 3.05) is 7.11 Å². The van der Waals surface area contributed by atoms with Crippen LogP contribution in [-0.4, -0.2) is 23.3 Å². The fourth-order valence-electron chi connectivity index (χ4n) is 2.38. The third-order valence-electron chi connectivity index (χ3n) is 3.51. The summed E-state index contributed by atoms with van der Waals surface area (Å²) in [4.78, 5) is 17.2. The molecule has 0 saturated heterocycles. The molecule has 21 heavy (non-hydrogen) atoms. The normalized spacial score (nSPS) is 18.8. The van der Waals surface area contributed by atoms with E-state index in [4.69, 9.17) is 4.74 Å². The van der Waals surface area contributed by atoms with Crippen LogP contribution in [0.25, 0.3) is 15.8 Å². The van der Waals surface area contributed by atoms with E-state index >= 15 is 0 Å². The Morgan fingerprint density at radius 3 is 2.90 bits per heavy atom. The highest BCUT2D eigenvalue weighted by molar-refractivity contribution is 8.09. The number of benzene rings is 1. The lowest BCUT2D eigenvalue weighted by Crippen LogP contribution is -2.33. The lowest BCUT2D eigenvalue weighted by Gasteiger charge is -2.23. The molecule has 1 unspecified atom stereocenters. The Morgan fingerprint density at radius 2 is 2.14 bits per heavy atom. The second-order valence-electron chi connectivity index (χ2n) is 4.95. The number of rotatable bonds is 2. The average molecular weight is 300 g/mol. The molecule has 0 saturated carbocycles. The molecule has 2 aromatic rings. The fraction of sp³-hybridized carbons (Fsp3) is 0.250. The molecule has 0 fully saturated rings. The predicted molar refractivity (Wildman–Crippen MR) is 86.1 cm³/mol. The molecule has 4 nitrogen and oxygen atoms in total. The number of methoxy groups -OCH3 is 1. The molecule has 5 heteroatoms. The quantitative estimate of drug-likeness (QED) is 0.925. The number of amides is 1. The summed E-state index contributed by atoms with van der Waals surface area (Å²) in [6.45, 7) is 3.84. The molecule has 1 aliphatic heterocycles. The van der Waals surface area contributed by atoms with Crippen LogP contribution >= 0.6 is 11.8 Å². The second kappa shape index (κ2) is 5.41. The summed E-state index contributed by atoms with van der Waals surface area (Å²) < 4.78 is 5.31. The molecule has 1 aliphatic rings. The molecule has 0 bridgehead atoms. The van der Waals surface area contributed by atoms with E-state index < -0.39 is 0 Å². The number of pyridine rings is 1. The van der Waals surface area contributed by atoms with Gasteiger partial charge in [-0.15, -0.1) is 11.8 Å². The Bertz CT molecular complexity index is 755. The zero-order chi connectivity index (χ0) is 15.0. The predicted octanol–water partition coefficient (Wildman–Crippen LogP) is 3.18. The molecule has 1 N–H and O–H groups in total. The number of nitrogens with zero attached hydrogens (tertiary/aromatic N) is 1. The first-order chi connectivity index (χ1) is 10.1. The highest BCUT2D eigenvalue weighted by Crippen LogP contribution is 2.39. The van der Waals surface area contributed by atoms with Crippen LogP contribution in [0.4, 0.5) is 0 Å². The number of allylic oxidation sites excluding steroid dienone is 1. The van der Waals surface area contributed by atoms with Crippen LogP contribution in [0.5, 0.6) is 5.75 Å². The molecular formula is C16H16N2O2S. The monoisotopic (exact) mass is 300 g/mol. The van der Waals surface area contributed by atoms with Gasteiger partial charge in [0, 0.05) is 27.7 Å². The largest absolute Gasteiger partial charge is 0.497 e. The van der Waals surface area contributed by atoms with Crippen molar-refractivity contribution < 1.29 is 9.53 Å². The molecule has 1 aromatic heterocycles. The van der Waals surface area contributed by atoms with E-state index in [2.05, 4.69) is 10.3 Å². The maximum absolute atomic E-state index is 11.7. The third kappa shape index (κ3) is 2.49. The van der Waals surface area contributed by atoms with E-state index in [-0.39, 0.29) is 11.2 Å². The maximum Gasteiger partial charge on any atom is 0.237 e. The zero-order valence-corrected chi connectivity index (χ0v) is 13.0. The molecule has 0 aliphatic carbocycles. The second-order valence-corrected chi connectivity index (χ2v) is 6.30. The Hall–Kier alpha value is -2.01. The average Bonchev–Trinajstić information content (AvgIpc) is 2.50. The number of hydrogen-bond acceptors (Lipinski definition) is 4. The van der Waals surface area contributed by atoms with E-state index in [1.807, 2.05) is 38.1 Å². The number of carbonyl (C=O) groups is 1. The minimum Gasteiger partial charge on any atom is -0.497 e. The molecule has 0 spiro atoms. The Kier molecular flexibility index (Phi) is 3.59. The van der Waals surface area contributed by atoms with Crippen LogP contribution < -0.4 is 10.1 Å². The molecule has 108 valence electrons. The van der Waals surface area contributed by atoms with E-state index in [0.717, 1.165) is 32.8 Å². The molecule has 1 aromatic carbocycles. The summed E-state index contributed by atoms with van der Waals surface area (Å²) >= 11 is 1.58. The van der Waals surface area contributed by atoms with Crippen molar-refractivity contribution in [1.29, 1.82) is 0 Å². The van der Waals surface area contributed by atoms with Crippen molar-refractivity contribution in [3.05, 3.63) is 41.7 Å². The highest BCUT2D eigenvalue weighted by Gasteiger charge is 2.25. The van der Waals surface area contributed by atoms with Gasteiger partial charge < -0.3 is 10.1 Å². The summed E-state index contributed by atoms with van der Waals surface area (Å²) in [5, 5.41) is 3.87. The van der Waals surface area contributed by atoms with E-state index in [1.54, 1.807) is 25.1 Å². The number of fused-ring (bicyclic) bond motifs is 1. The number of aromatic nitrogens is 1. The molecule has 3 rings (SSSR count). The lowest BCUT2D eigenvalue weighted by molar-refractivity contribution is -0.119. The van der Waals surface area contributed by atoms with Crippen LogP contribution in [0, 0.1) is 0 Å². The summed E-state index contributed by atoms with van der Waals surface area (Å²) in [7, 11) is 1.65. The van der Waals surface area contributed by atoms with Gasteiger partial charge in [-0.2, -0.15) is 0 Å². The first-order valence-corrected chi connectivity index (χ1v) is 7.59. The number of carbonyl (C=O) groups excluding carboxylic acids is 1. The van der Waals surface area contributed by atoms with Gasteiger partial charge in [0.2, 0.25) is 5.91 Å². The van der Waals surface area contributed by atoms with Gasteiger partial charge in [0.15, 0.2) is 0 Å². The maximum atomic E-state index is 11.7. The van der Waals surface area contributed by atoms with Crippen LogP contribution in [0.15, 0.2) is 36.2 Å². The number of thioether (sulfide) groups is 1. The smallest absolute Gasteiger partial charge is 0.237 e. The van der Waals surface area contributed by atoms with Crippen molar-refractivity contribution in [2.45, 2.75) is 19.1 Å². The number of hydrogen-bond donors (Lipinski definition) is 1. The van der Waals surface area contributed by atoms with Crippen LogP contribution in [-0.2, 0) is 4.79 Å². The molecular weight excluding hydrogens is 284 g/mol. The van der Waals surface area contributed by atoms with Gasteiger partial charge in [0.1, 0.15) is 5.75 Å². The molecule has 1 amide bonds. The van der Waals surface area contributed by atoms with Gasteiger partial charge in [-0.1, -0.05) is 0 Å². The first-order valence-electron chi connectivity index (χ1n) is 6.71. The summed E-state index contributed by atoms with van der Waals surface area (Å²) in [6.07, 6.45) is 1.80. The Balaban J connectivity index is 2.20. The van der Waals surface area contributed by atoms with Crippen molar-refractivity contribution in [1.82, 2.24) is 10.3 Å². The minimum absolute atomic E-state index is 0.0530. The molecule has 0 radical (unpaired) electrons. The highest BCUT2D eigenvalue weighted by atomic mass is 32.2. The first kappa shape index (κ1) is 13.9. The van der Waals surface area contributed by atoms with Gasteiger partial charge >= 0.3 is 0 Å². The zero-order valence-electron chi connectivity index (χ0n) is 12.1. The standard InChI is InChI=1S/C16H16N2O2S/c1-9-15(21-10(2)16(19)18-9)12-6-7-17-14-5-4-11(20-3)8-13(12)14/h4-8,10H,1-3H3,(H,18,19).